The van der Waals surface area contributed by atoms with Crippen LogP contribution in [0.1, 0.15) is 59.3 Å². The molecule has 0 aromatic rings. The normalized spacial score (nSPS) is 14.0. The van der Waals surface area contributed by atoms with Gasteiger partial charge in [0.1, 0.15) is 0 Å². The first-order valence-corrected chi connectivity index (χ1v) is 8.05. The number of hydrogen-bond donors (Lipinski definition) is 3. The Morgan fingerprint density at radius 1 is 1.05 bits per heavy atom. The zero-order valence-corrected chi connectivity index (χ0v) is 13.7. The Kier molecular flexibility index (Phi) is 10.9. The Bertz CT molecular complexity index is 306. The number of amides is 1. The van der Waals surface area contributed by atoms with E-state index in [4.69, 9.17) is 10.8 Å². The van der Waals surface area contributed by atoms with Crippen LogP contribution in [0.15, 0.2) is 0 Å². The monoisotopic (exact) mass is 300 g/mol. The predicted molar refractivity (Wildman–Crippen MR) is 84.9 cm³/mol. The van der Waals surface area contributed by atoms with Gasteiger partial charge in [0.25, 0.3) is 0 Å². The lowest BCUT2D eigenvalue weighted by Crippen LogP contribution is -2.27. The molecule has 4 N–H and O–H groups in total. The lowest BCUT2D eigenvalue weighted by Gasteiger charge is -2.20. The molecule has 0 aliphatic carbocycles. The molecule has 0 bridgehead atoms. The van der Waals surface area contributed by atoms with Gasteiger partial charge in [-0.2, -0.15) is 0 Å². The minimum absolute atomic E-state index is 0.0830. The van der Waals surface area contributed by atoms with Gasteiger partial charge in [-0.25, -0.2) is 0 Å². The summed E-state index contributed by atoms with van der Waals surface area (Å²) in [5.41, 5.74) is 5.48. The minimum Gasteiger partial charge on any atom is -0.481 e. The van der Waals surface area contributed by atoms with E-state index in [1.54, 1.807) is 0 Å². The SMILES string of the molecule is CC(CCN)CCC(=O)NCCC(CCC(=O)O)C(C)C. The molecule has 0 rings (SSSR count). The molecule has 2 unspecified atom stereocenters. The first kappa shape index (κ1) is 19.9. The second kappa shape index (κ2) is 11.5. The molecule has 124 valence electrons. The fourth-order valence-electron chi connectivity index (χ4n) is 2.41. The van der Waals surface area contributed by atoms with Crippen LogP contribution in [0.5, 0.6) is 0 Å². The Morgan fingerprint density at radius 3 is 2.24 bits per heavy atom. The van der Waals surface area contributed by atoms with Crippen LogP contribution >= 0.6 is 0 Å². The molecule has 1 amide bonds. The summed E-state index contributed by atoms with van der Waals surface area (Å²) in [7, 11) is 0. The summed E-state index contributed by atoms with van der Waals surface area (Å²) in [5, 5.41) is 11.7. The quantitative estimate of drug-likeness (QED) is 0.516. The molecule has 2 atom stereocenters. The summed E-state index contributed by atoms with van der Waals surface area (Å²) in [6.07, 6.45) is 4.09. The van der Waals surface area contributed by atoms with Crippen molar-refractivity contribution in [1.82, 2.24) is 5.32 Å². The number of carbonyl (C=O) groups is 2. The van der Waals surface area contributed by atoms with Crippen molar-refractivity contribution in [1.29, 1.82) is 0 Å². The van der Waals surface area contributed by atoms with Crippen molar-refractivity contribution >= 4 is 11.9 Å². The molecule has 5 nitrogen and oxygen atoms in total. The number of aliphatic carboxylic acids is 1. The van der Waals surface area contributed by atoms with E-state index in [1.807, 2.05) is 0 Å². The van der Waals surface area contributed by atoms with Gasteiger partial charge in [-0.1, -0.05) is 20.8 Å². The van der Waals surface area contributed by atoms with E-state index < -0.39 is 5.97 Å². The average Bonchev–Trinajstić information content (AvgIpc) is 2.40. The molecule has 0 aliphatic rings. The Hall–Kier alpha value is -1.10. The van der Waals surface area contributed by atoms with Crippen LogP contribution in [0.3, 0.4) is 0 Å². The molecule has 5 heteroatoms. The number of rotatable bonds is 12. The van der Waals surface area contributed by atoms with E-state index >= 15 is 0 Å². The summed E-state index contributed by atoms with van der Waals surface area (Å²) in [6, 6.07) is 0. The zero-order valence-electron chi connectivity index (χ0n) is 13.7. The molecule has 0 saturated heterocycles. The average molecular weight is 300 g/mol. The van der Waals surface area contributed by atoms with Crippen LogP contribution < -0.4 is 11.1 Å². The summed E-state index contributed by atoms with van der Waals surface area (Å²) in [5.74, 6) is 0.598. The summed E-state index contributed by atoms with van der Waals surface area (Å²) < 4.78 is 0. The van der Waals surface area contributed by atoms with Gasteiger partial charge in [0.05, 0.1) is 0 Å². The highest BCUT2D eigenvalue weighted by Crippen LogP contribution is 2.20. The molecule has 0 aliphatic heterocycles. The van der Waals surface area contributed by atoms with Crippen LogP contribution in [0, 0.1) is 17.8 Å². The van der Waals surface area contributed by atoms with E-state index in [0.717, 1.165) is 19.3 Å². The highest BCUT2D eigenvalue weighted by molar-refractivity contribution is 5.75. The first-order valence-electron chi connectivity index (χ1n) is 8.05. The van der Waals surface area contributed by atoms with E-state index in [1.165, 1.54) is 0 Å². The number of nitrogens with two attached hydrogens (primary N) is 1. The fraction of sp³-hybridized carbons (Fsp3) is 0.875. The van der Waals surface area contributed by atoms with Crippen molar-refractivity contribution in [2.75, 3.05) is 13.1 Å². The van der Waals surface area contributed by atoms with Crippen molar-refractivity contribution in [3.63, 3.8) is 0 Å². The Balaban J connectivity index is 3.87. The van der Waals surface area contributed by atoms with Crippen LogP contribution in [0.25, 0.3) is 0 Å². The van der Waals surface area contributed by atoms with Crippen molar-refractivity contribution in [2.45, 2.75) is 59.3 Å². The van der Waals surface area contributed by atoms with Gasteiger partial charge in [-0.3, -0.25) is 9.59 Å². The number of carboxylic acid groups (broad SMARTS) is 1. The van der Waals surface area contributed by atoms with Gasteiger partial charge in [-0.15, -0.1) is 0 Å². The maximum Gasteiger partial charge on any atom is 0.303 e. The fourth-order valence-corrected chi connectivity index (χ4v) is 2.41. The number of hydrogen-bond acceptors (Lipinski definition) is 3. The minimum atomic E-state index is -0.751. The molecule has 0 heterocycles. The van der Waals surface area contributed by atoms with Crippen LogP contribution in [-0.2, 0) is 9.59 Å². The summed E-state index contributed by atoms with van der Waals surface area (Å²) >= 11 is 0. The molecule has 0 aromatic carbocycles. The van der Waals surface area contributed by atoms with Gasteiger partial charge < -0.3 is 16.2 Å². The Labute approximate surface area is 128 Å². The molecule has 21 heavy (non-hydrogen) atoms. The molecule has 0 aromatic heterocycles. The molecule has 0 saturated carbocycles. The van der Waals surface area contributed by atoms with Crippen molar-refractivity contribution < 1.29 is 14.7 Å². The summed E-state index contributed by atoms with van der Waals surface area (Å²) in [4.78, 5) is 22.4. The second-order valence-corrected chi connectivity index (χ2v) is 6.30. The van der Waals surface area contributed by atoms with Crippen molar-refractivity contribution in [2.24, 2.45) is 23.5 Å². The van der Waals surface area contributed by atoms with Gasteiger partial charge in [0, 0.05) is 19.4 Å². The standard InChI is InChI=1S/C16H32N2O3/c1-12(2)14(5-7-16(20)21)9-11-18-15(19)6-4-13(3)8-10-17/h12-14H,4-11,17H2,1-3H3,(H,18,19)(H,20,21). The third kappa shape index (κ3) is 11.3. The predicted octanol–water partition coefficient (Wildman–Crippen LogP) is 2.39. The number of carbonyl (C=O) groups excluding carboxylic acids is 1. The maximum atomic E-state index is 11.7. The van der Waals surface area contributed by atoms with E-state index in [-0.39, 0.29) is 12.3 Å². The third-order valence-corrected chi connectivity index (χ3v) is 4.03. The number of nitrogens with one attached hydrogen (secondary N) is 1. The third-order valence-electron chi connectivity index (χ3n) is 4.03. The van der Waals surface area contributed by atoms with Gasteiger partial charge >= 0.3 is 5.97 Å². The molecule has 0 spiro atoms. The van der Waals surface area contributed by atoms with Crippen molar-refractivity contribution in [3.05, 3.63) is 0 Å². The van der Waals surface area contributed by atoms with Crippen LogP contribution in [0.2, 0.25) is 0 Å². The van der Waals surface area contributed by atoms with Gasteiger partial charge in [0.2, 0.25) is 5.91 Å². The highest BCUT2D eigenvalue weighted by Gasteiger charge is 2.15. The lowest BCUT2D eigenvalue weighted by atomic mass is 9.88. The maximum absolute atomic E-state index is 11.7. The lowest BCUT2D eigenvalue weighted by molar-refractivity contribution is -0.137. The Morgan fingerprint density at radius 2 is 1.71 bits per heavy atom. The van der Waals surface area contributed by atoms with E-state index in [9.17, 15) is 9.59 Å². The van der Waals surface area contributed by atoms with Crippen LogP contribution in [0.4, 0.5) is 0 Å². The van der Waals surface area contributed by atoms with Crippen LogP contribution in [-0.4, -0.2) is 30.1 Å². The van der Waals surface area contributed by atoms with Gasteiger partial charge in [-0.05, 0) is 50.0 Å². The molecular weight excluding hydrogens is 268 g/mol. The largest absolute Gasteiger partial charge is 0.481 e. The molecular formula is C16H32N2O3. The van der Waals surface area contributed by atoms with E-state index in [0.29, 0.717) is 43.7 Å². The topological polar surface area (TPSA) is 92.4 Å². The first-order chi connectivity index (χ1) is 9.86. The van der Waals surface area contributed by atoms with E-state index in [2.05, 4.69) is 26.1 Å². The smallest absolute Gasteiger partial charge is 0.303 e. The van der Waals surface area contributed by atoms with Gasteiger partial charge in [0.15, 0.2) is 0 Å². The summed E-state index contributed by atoms with van der Waals surface area (Å²) in [6.45, 7) is 7.61. The number of carboxylic acids is 1. The molecule has 0 fully saturated rings. The highest BCUT2D eigenvalue weighted by atomic mass is 16.4. The van der Waals surface area contributed by atoms with Crippen molar-refractivity contribution in [3.8, 4) is 0 Å². The zero-order chi connectivity index (χ0) is 16.3. The second-order valence-electron chi connectivity index (χ2n) is 6.30. The molecule has 0 radical (unpaired) electrons.